The predicted molar refractivity (Wildman–Crippen MR) is 75.0 cm³/mol. The van der Waals surface area contributed by atoms with E-state index in [1.165, 1.54) is 12.1 Å². The maximum atomic E-state index is 12.7. The van der Waals surface area contributed by atoms with Gasteiger partial charge in [-0.15, -0.1) is 0 Å². The number of alkyl halides is 3. The topological polar surface area (TPSA) is 29.5 Å². The Balaban J connectivity index is 2.09. The lowest BCUT2D eigenvalue weighted by atomic mass is 9.91. The van der Waals surface area contributed by atoms with E-state index in [-0.39, 0.29) is 5.56 Å². The lowest BCUT2D eigenvalue weighted by Gasteiger charge is -2.28. The van der Waals surface area contributed by atoms with Crippen LogP contribution < -0.4 is 0 Å². The Morgan fingerprint density at radius 2 is 1.45 bits per heavy atom. The van der Waals surface area contributed by atoms with Crippen molar-refractivity contribution in [3.05, 3.63) is 70.8 Å². The highest BCUT2D eigenvalue weighted by atomic mass is 19.4. The van der Waals surface area contributed by atoms with Crippen molar-refractivity contribution in [1.29, 1.82) is 0 Å². The van der Waals surface area contributed by atoms with E-state index in [9.17, 15) is 18.3 Å². The molecule has 3 rings (SSSR count). The zero-order chi connectivity index (χ0) is 16.2. The number of hydrogen-bond acceptors (Lipinski definition) is 2. The van der Waals surface area contributed by atoms with Crippen LogP contribution in [0.4, 0.5) is 13.2 Å². The molecule has 116 valence electrons. The SMILES string of the molecule is CC1(C)OC(O)(c2ccc(C(F)(F)F)cc2)c2ccccc21. The minimum atomic E-state index is -4.41. The van der Waals surface area contributed by atoms with Crippen molar-refractivity contribution in [3.63, 3.8) is 0 Å². The number of benzene rings is 2. The van der Waals surface area contributed by atoms with Crippen molar-refractivity contribution in [3.8, 4) is 0 Å². The first-order valence-electron chi connectivity index (χ1n) is 6.85. The van der Waals surface area contributed by atoms with Crippen molar-refractivity contribution in [2.45, 2.75) is 31.4 Å². The molecule has 0 fully saturated rings. The molecule has 2 nitrogen and oxygen atoms in total. The maximum Gasteiger partial charge on any atom is 0.416 e. The molecule has 1 unspecified atom stereocenters. The van der Waals surface area contributed by atoms with Gasteiger partial charge in [-0.1, -0.05) is 36.4 Å². The fourth-order valence-corrected chi connectivity index (χ4v) is 2.88. The summed E-state index contributed by atoms with van der Waals surface area (Å²) >= 11 is 0. The van der Waals surface area contributed by atoms with Crippen LogP contribution in [0.2, 0.25) is 0 Å². The van der Waals surface area contributed by atoms with E-state index in [1.807, 2.05) is 26.0 Å². The minimum Gasteiger partial charge on any atom is -0.358 e. The molecule has 0 amide bonds. The summed E-state index contributed by atoms with van der Waals surface area (Å²) in [7, 11) is 0. The van der Waals surface area contributed by atoms with Gasteiger partial charge >= 0.3 is 6.18 Å². The fraction of sp³-hybridized carbons (Fsp3) is 0.294. The highest BCUT2D eigenvalue weighted by molar-refractivity contribution is 5.45. The molecule has 0 spiro atoms. The molecule has 1 atom stereocenters. The molecule has 1 aliphatic heterocycles. The molecule has 5 heteroatoms. The van der Waals surface area contributed by atoms with E-state index >= 15 is 0 Å². The standard InChI is InChI=1S/C17H15F3O2/c1-15(2)13-5-3-4-6-14(13)16(21,22-15)11-7-9-12(10-8-11)17(18,19)20/h3-10,21H,1-2H3. The van der Waals surface area contributed by atoms with Gasteiger partial charge in [0.15, 0.2) is 0 Å². The van der Waals surface area contributed by atoms with E-state index in [0.717, 1.165) is 17.7 Å². The number of fused-ring (bicyclic) bond motifs is 1. The molecule has 0 saturated carbocycles. The lowest BCUT2D eigenvalue weighted by Crippen LogP contribution is -2.30. The van der Waals surface area contributed by atoms with Crippen LogP contribution in [0.25, 0.3) is 0 Å². The zero-order valence-corrected chi connectivity index (χ0v) is 12.1. The van der Waals surface area contributed by atoms with E-state index in [4.69, 9.17) is 4.74 Å². The first-order chi connectivity index (χ1) is 10.1. The molecule has 22 heavy (non-hydrogen) atoms. The molecule has 0 aromatic heterocycles. The van der Waals surface area contributed by atoms with Gasteiger partial charge in [0.05, 0.1) is 11.2 Å². The second-order valence-electron chi connectivity index (χ2n) is 5.88. The van der Waals surface area contributed by atoms with Gasteiger partial charge in [-0.3, -0.25) is 0 Å². The van der Waals surface area contributed by atoms with Gasteiger partial charge in [0.2, 0.25) is 5.79 Å². The van der Waals surface area contributed by atoms with E-state index in [1.54, 1.807) is 12.1 Å². The second kappa shape index (κ2) is 4.57. The smallest absolute Gasteiger partial charge is 0.358 e. The largest absolute Gasteiger partial charge is 0.416 e. The quantitative estimate of drug-likeness (QED) is 0.857. The van der Waals surface area contributed by atoms with Gasteiger partial charge in [-0.25, -0.2) is 0 Å². The number of ether oxygens (including phenoxy) is 1. The summed E-state index contributed by atoms with van der Waals surface area (Å²) in [6, 6.07) is 11.6. The van der Waals surface area contributed by atoms with Crippen molar-refractivity contribution in [1.82, 2.24) is 0 Å². The van der Waals surface area contributed by atoms with Gasteiger partial charge in [0.25, 0.3) is 0 Å². The van der Waals surface area contributed by atoms with Crippen LogP contribution in [0.3, 0.4) is 0 Å². The van der Waals surface area contributed by atoms with Crippen LogP contribution >= 0.6 is 0 Å². The first kappa shape index (κ1) is 15.1. The number of aliphatic hydroxyl groups is 1. The van der Waals surface area contributed by atoms with Gasteiger partial charge in [0.1, 0.15) is 0 Å². The fourth-order valence-electron chi connectivity index (χ4n) is 2.88. The molecular formula is C17H15F3O2. The Hall–Kier alpha value is -1.85. The molecule has 2 aromatic carbocycles. The molecular weight excluding hydrogens is 293 g/mol. The molecule has 0 bridgehead atoms. The Labute approximate surface area is 126 Å². The summed E-state index contributed by atoms with van der Waals surface area (Å²) in [5.74, 6) is -1.75. The Morgan fingerprint density at radius 3 is 2.00 bits per heavy atom. The van der Waals surface area contributed by atoms with Crippen LogP contribution in [-0.2, 0) is 22.3 Å². The van der Waals surface area contributed by atoms with Crippen LogP contribution in [-0.4, -0.2) is 5.11 Å². The average molecular weight is 308 g/mol. The first-order valence-corrected chi connectivity index (χ1v) is 6.85. The average Bonchev–Trinajstić information content (AvgIpc) is 2.67. The van der Waals surface area contributed by atoms with E-state index < -0.39 is 23.1 Å². The highest BCUT2D eigenvalue weighted by Crippen LogP contribution is 2.48. The molecule has 0 saturated heterocycles. The normalized spacial score (nSPS) is 23.4. The van der Waals surface area contributed by atoms with Crippen LogP contribution in [0, 0.1) is 0 Å². The Bertz CT molecular complexity index is 705. The van der Waals surface area contributed by atoms with Crippen LogP contribution in [0.5, 0.6) is 0 Å². The van der Waals surface area contributed by atoms with E-state index in [2.05, 4.69) is 0 Å². The lowest BCUT2D eigenvalue weighted by molar-refractivity contribution is -0.222. The zero-order valence-electron chi connectivity index (χ0n) is 12.1. The van der Waals surface area contributed by atoms with Gasteiger partial charge in [-0.2, -0.15) is 13.2 Å². The molecule has 2 aromatic rings. The summed E-state index contributed by atoms with van der Waals surface area (Å²) < 4.78 is 43.8. The molecule has 0 aliphatic carbocycles. The third-order valence-electron chi connectivity index (χ3n) is 3.95. The summed E-state index contributed by atoms with van der Waals surface area (Å²) in [5, 5.41) is 10.9. The number of halogens is 3. The molecule has 1 N–H and O–H groups in total. The summed E-state index contributed by atoms with van der Waals surface area (Å²) in [6.45, 7) is 3.63. The number of rotatable bonds is 1. The van der Waals surface area contributed by atoms with Crippen molar-refractivity contribution in [2.75, 3.05) is 0 Å². The Morgan fingerprint density at radius 1 is 0.909 bits per heavy atom. The summed E-state index contributed by atoms with van der Waals surface area (Å²) in [6.07, 6.45) is -4.41. The molecule has 1 heterocycles. The monoisotopic (exact) mass is 308 g/mol. The van der Waals surface area contributed by atoms with Crippen LogP contribution in [0.1, 0.15) is 36.1 Å². The van der Waals surface area contributed by atoms with Crippen molar-refractivity contribution in [2.24, 2.45) is 0 Å². The van der Waals surface area contributed by atoms with Gasteiger partial charge in [-0.05, 0) is 31.5 Å². The molecule has 1 aliphatic rings. The summed E-state index contributed by atoms with van der Waals surface area (Å²) in [5.41, 5.74) is 0.162. The molecule has 0 radical (unpaired) electrons. The third-order valence-corrected chi connectivity index (χ3v) is 3.95. The summed E-state index contributed by atoms with van der Waals surface area (Å²) in [4.78, 5) is 0. The highest BCUT2D eigenvalue weighted by Gasteiger charge is 2.49. The van der Waals surface area contributed by atoms with Gasteiger partial charge < -0.3 is 9.84 Å². The van der Waals surface area contributed by atoms with Crippen molar-refractivity contribution < 1.29 is 23.0 Å². The number of hydrogen-bond donors (Lipinski definition) is 1. The van der Waals surface area contributed by atoms with Crippen molar-refractivity contribution >= 4 is 0 Å². The second-order valence-corrected chi connectivity index (χ2v) is 5.88. The van der Waals surface area contributed by atoms with Crippen LogP contribution in [0.15, 0.2) is 48.5 Å². The van der Waals surface area contributed by atoms with Gasteiger partial charge in [0, 0.05) is 11.1 Å². The third kappa shape index (κ3) is 2.21. The predicted octanol–water partition coefficient (Wildman–Crippen LogP) is 4.16. The van der Waals surface area contributed by atoms with E-state index in [0.29, 0.717) is 5.56 Å². The maximum absolute atomic E-state index is 12.7. The Kier molecular flexibility index (Phi) is 3.13. The minimum absolute atomic E-state index is 0.276.